The molecule has 1 heterocycles. The molecule has 3 aromatic rings. The zero-order valence-electron chi connectivity index (χ0n) is 17.0. The first-order valence-electron chi connectivity index (χ1n) is 10.0. The number of carbonyl (C=O) groups is 2. The third-order valence-electron chi connectivity index (χ3n) is 5.65. The van der Waals surface area contributed by atoms with E-state index < -0.39 is 17.4 Å². The maximum atomic E-state index is 13.4. The van der Waals surface area contributed by atoms with Crippen LogP contribution >= 0.6 is 11.6 Å². The fraction of sp³-hybridized carbons (Fsp3) is 0.200. The Labute approximate surface area is 185 Å². The molecule has 4 rings (SSSR count). The van der Waals surface area contributed by atoms with E-state index in [9.17, 15) is 14.7 Å². The highest BCUT2D eigenvalue weighted by atomic mass is 35.5. The largest absolute Gasteiger partial charge is 0.492 e. The van der Waals surface area contributed by atoms with Crippen LogP contribution < -0.4 is 9.64 Å². The first-order chi connectivity index (χ1) is 14.9. The number of Topliss-reactive ketones (excluding diaryl/α,β-unsaturated/α-hetero) is 1. The summed E-state index contributed by atoms with van der Waals surface area (Å²) in [6, 6.07) is 22.7. The topological polar surface area (TPSA) is 66.8 Å². The van der Waals surface area contributed by atoms with E-state index in [4.69, 9.17) is 16.3 Å². The molecule has 5 nitrogen and oxygen atoms in total. The lowest BCUT2D eigenvalue weighted by atomic mass is 9.79. The summed E-state index contributed by atoms with van der Waals surface area (Å²) < 4.78 is 5.73. The molecule has 0 aliphatic carbocycles. The van der Waals surface area contributed by atoms with Crippen molar-refractivity contribution in [1.29, 1.82) is 0 Å². The van der Waals surface area contributed by atoms with Crippen LogP contribution in [0.5, 0.6) is 5.75 Å². The predicted molar refractivity (Wildman–Crippen MR) is 120 cm³/mol. The molecule has 1 aliphatic rings. The van der Waals surface area contributed by atoms with Gasteiger partial charge in [0.2, 0.25) is 0 Å². The summed E-state index contributed by atoms with van der Waals surface area (Å²) in [6.45, 7) is 2.07. The number of nitrogens with zero attached hydrogens (tertiary/aromatic N) is 1. The lowest BCUT2D eigenvalue weighted by Crippen LogP contribution is -2.48. The number of ether oxygens (including phenoxy) is 1. The molecule has 0 saturated carbocycles. The summed E-state index contributed by atoms with van der Waals surface area (Å²) in [5, 5.41) is 12.1. The molecule has 0 spiro atoms. The van der Waals surface area contributed by atoms with Crippen LogP contribution in [-0.4, -0.2) is 29.9 Å². The molecule has 2 unspecified atom stereocenters. The molecular formula is C25H22ClNO4. The molecule has 1 amide bonds. The van der Waals surface area contributed by atoms with Crippen molar-refractivity contribution in [2.75, 3.05) is 18.1 Å². The van der Waals surface area contributed by atoms with Crippen LogP contribution in [0.2, 0.25) is 5.02 Å². The molecule has 0 aromatic heterocycles. The van der Waals surface area contributed by atoms with Crippen molar-refractivity contribution >= 4 is 29.0 Å². The van der Waals surface area contributed by atoms with Gasteiger partial charge in [-0.25, -0.2) is 0 Å². The van der Waals surface area contributed by atoms with Gasteiger partial charge in [0, 0.05) is 16.1 Å². The SMILES string of the molecule is CC(C(=O)c1ccc(Cl)cc1)C1(O)C(=O)N(CCOc2ccccc2)c2ccccc21. The van der Waals surface area contributed by atoms with Crippen molar-refractivity contribution < 1.29 is 19.4 Å². The van der Waals surface area contributed by atoms with E-state index in [2.05, 4.69) is 0 Å². The number of ketones is 1. The minimum atomic E-state index is -1.96. The van der Waals surface area contributed by atoms with Crippen LogP contribution in [0, 0.1) is 5.92 Å². The van der Waals surface area contributed by atoms with E-state index in [-0.39, 0.29) is 18.9 Å². The minimum absolute atomic E-state index is 0.245. The van der Waals surface area contributed by atoms with E-state index in [1.165, 1.54) is 4.90 Å². The maximum absolute atomic E-state index is 13.4. The van der Waals surface area contributed by atoms with Gasteiger partial charge < -0.3 is 14.7 Å². The van der Waals surface area contributed by atoms with E-state index in [0.29, 0.717) is 27.6 Å². The van der Waals surface area contributed by atoms with Gasteiger partial charge in [-0.1, -0.05) is 54.9 Å². The number of rotatable bonds is 7. The van der Waals surface area contributed by atoms with E-state index in [1.807, 2.05) is 30.3 Å². The van der Waals surface area contributed by atoms with Crippen molar-refractivity contribution in [3.8, 4) is 5.75 Å². The smallest absolute Gasteiger partial charge is 0.264 e. The number of amides is 1. The molecule has 0 fully saturated rings. The summed E-state index contributed by atoms with van der Waals surface area (Å²) in [6.07, 6.45) is 0. The van der Waals surface area contributed by atoms with Gasteiger partial charge in [-0.05, 0) is 42.5 Å². The van der Waals surface area contributed by atoms with E-state index in [1.54, 1.807) is 55.5 Å². The molecule has 0 bridgehead atoms. The number of hydrogen-bond donors (Lipinski definition) is 1. The third-order valence-corrected chi connectivity index (χ3v) is 5.90. The number of benzene rings is 3. The van der Waals surface area contributed by atoms with Crippen molar-refractivity contribution in [2.45, 2.75) is 12.5 Å². The van der Waals surface area contributed by atoms with Gasteiger partial charge in [0.1, 0.15) is 12.4 Å². The van der Waals surface area contributed by atoms with Crippen LogP contribution in [0.25, 0.3) is 0 Å². The van der Waals surface area contributed by atoms with Crippen molar-refractivity contribution in [1.82, 2.24) is 0 Å². The number of aliphatic hydroxyl groups is 1. The lowest BCUT2D eigenvalue weighted by molar-refractivity contribution is -0.139. The van der Waals surface area contributed by atoms with Crippen LogP contribution in [0.3, 0.4) is 0 Å². The molecule has 2 atom stereocenters. The Hall–Kier alpha value is -3.15. The van der Waals surface area contributed by atoms with Gasteiger partial charge in [0.05, 0.1) is 18.2 Å². The average molecular weight is 436 g/mol. The fourth-order valence-electron chi connectivity index (χ4n) is 3.93. The number of para-hydroxylation sites is 2. The van der Waals surface area contributed by atoms with Gasteiger partial charge in [0.15, 0.2) is 11.4 Å². The molecule has 0 radical (unpaired) electrons. The molecule has 6 heteroatoms. The highest BCUT2D eigenvalue weighted by molar-refractivity contribution is 6.30. The molecule has 158 valence electrons. The number of halogens is 1. The summed E-state index contributed by atoms with van der Waals surface area (Å²) in [7, 11) is 0. The molecule has 1 aliphatic heterocycles. The first kappa shape index (κ1) is 21.1. The van der Waals surface area contributed by atoms with Gasteiger partial charge in [0.25, 0.3) is 5.91 Å². The average Bonchev–Trinajstić information content (AvgIpc) is 3.02. The predicted octanol–water partition coefficient (Wildman–Crippen LogP) is 4.47. The Kier molecular flexibility index (Phi) is 5.81. The zero-order valence-corrected chi connectivity index (χ0v) is 17.8. The van der Waals surface area contributed by atoms with Crippen LogP contribution in [0.15, 0.2) is 78.9 Å². The highest BCUT2D eigenvalue weighted by Gasteiger charge is 2.55. The minimum Gasteiger partial charge on any atom is -0.492 e. The lowest BCUT2D eigenvalue weighted by Gasteiger charge is -2.28. The van der Waals surface area contributed by atoms with Crippen molar-refractivity contribution in [2.24, 2.45) is 5.92 Å². The number of carbonyl (C=O) groups excluding carboxylic acids is 2. The molecule has 1 N–H and O–H groups in total. The summed E-state index contributed by atoms with van der Waals surface area (Å²) in [5.74, 6) is -1.14. The Morgan fingerprint density at radius 1 is 1.03 bits per heavy atom. The first-order valence-corrected chi connectivity index (χ1v) is 10.4. The van der Waals surface area contributed by atoms with Gasteiger partial charge >= 0.3 is 0 Å². The Balaban J connectivity index is 1.59. The van der Waals surface area contributed by atoms with E-state index >= 15 is 0 Å². The highest BCUT2D eigenvalue weighted by Crippen LogP contribution is 2.45. The zero-order chi connectivity index (χ0) is 22.0. The molecule has 31 heavy (non-hydrogen) atoms. The standard InChI is InChI=1S/C25H22ClNO4/c1-17(23(28)18-11-13-19(26)14-12-18)25(30)21-9-5-6-10-22(21)27(24(25)29)15-16-31-20-7-3-2-4-8-20/h2-14,17,30H,15-16H2,1H3. The second-order valence-electron chi connectivity index (χ2n) is 7.49. The summed E-state index contributed by atoms with van der Waals surface area (Å²) in [4.78, 5) is 28.0. The number of fused-ring (bicyclic) bond motifs is 1. The molecular weight excluding hydrogens is 414 g/mol. The number of anilines is 1. The Morgan fingerprint density at radius 3 is 2.39 bits per heavy atom. The fourth-order valence-corrected chi connectivity index (χ4v) is 4.05. The summed E-state index contributed by atoms with van der Waals surface area (Å²) in [5.41, 5.74) is -0.557. The van der Waals surface area contributed by atoms with Gasteiger partial charge in [-0.15, -0.1) is 0 Å². The maximum Gasteiger partial charge on any atom is 0.264 e. The van der Waals surface area contributed by atoms with Gasteiger partial charge in [-0.3, -0.25) is 9.59 Å². The van der Waals surface area contributed by atoms with E-state index in [0.717, 1.165) is 0 Å². The quantitative estimate of drug-likeness (QED) is 0.556. The molecule has 0 saturated heterocycles. The Morgan fingerprint density at radius 2 is 1.68 bits per heavy atom. The monoisotopic (exact) mass is 435 g/mol. The summed E-state index contributed by atoms with van der Waals surface area (Å²) >= 11 is 5.92. The van der Waals surface area contributed by atoms with Crippen molar-refractivity contribution in [3.63, 3.8) is 0 Å². The van der Waals surface area contributed by atoms with Crippen molar-refractivity contribution in [3.05, 3.63) is 95.0 Å². The van der Waals surface area contributed by atoms with Crippen LogP contribution in [0.4, 0.5) is 5.69 Å². The van der Waals surface area contributed by atoms with Crippen LogP contribution in [-0.2, 0) is 10.4 Å². The number of hydrogen-bond acceptors (Lipinski definition) is 4. The second kappa shape index (κ2) is 8.53. The van der Waals surface area contributed by atoms with Crippen LogP contribution in [0.1, 0.15) is 22.8 Å². The normalized spacial score (nSPS) is 18.5. The van der Waals surface area contributed by atoms with Gasteiger partial charge in [-0.2, -0.15) is 0 Å². The second-order valence-corrected chi connectivity index (χ2v) is 7.93. The Bertz CT molecular complexity index is 1100. The third kappa shape index (κ3) is 3.82. The molecule has 3 aromatic carbocycles.